The predicted octanol–water partition coefficient (Wildman–Crippen LogP) is 1.55. The molecule has 0 aliphatic rings. The van der Waals surface area contributed by atoms with E-state index in [1.165, 1.54) is 25.3 Å². The summed E-state index contributed by atoms with van der Waals surface area (Å²) >= 11 is 0. The summed E-state index contributed by atoms with van der Waals surface area (Å²) in [6, 6.07) is 4.05. The van der Waals surface area contributed by atoms with E-state index in [0.29, 0.717) is 11.3 Å². The lowest BCUT2D eigenvalue weighted by atomic mass is 10.1. The van der Waals surface area contributed by atoms with Gasteiger partial charge in [-0.1, -0.05) is 0 Å². The van der Waals surface area contributed by atoms with Gasteiger partial charge in [0.2, 0.25) is 0 Å². The zero-order valence-corrected chi connectivity index (χ0v) is 11.7. The van der Waals surface area contributed by atoms with Crippen LogP contribution >= 0.6 is 0 Å². The molecule has 0 spiro atoms. The third-order valence-corrected chi connectivity index (χ3v) is 2.56. The van der Waals surface area contributed by atoms with E-state index in [2.05, 4.69) is 14.8 Å². The summed E-state index contributed by atoms with van der Waals surface area (Å²) in [5.74, 6) is -1.50. The number of nitrogens with one attached hydrogen (secondary N) is 1. The molecule has 0 aliphatic carbocycles. The number of nitro groups is 1. The van der Waals surface area contributed by atoms with Gasteiger partial charge in [-0.15, -0.1) is 0 Å². The number of anilines is 1. The molecule has 0 unspecified atom stereocenters. The molecule has 0 radical (unpaired) electrons. The van der Waals surface area contributed by atoms with Gasteiger partial charge in [-0.3, -0.25) is 10.1 Å². The first-order valence-corrected chi connectivity index (χ1v) is 5.79. The molecule has 0 saturated heterocycles. The molecular formula is C13H14N2O6. The van der Waals surface area contributed by atoms with E-state index in [4.69, 9.17) is 0 Å². The number of hydrogen-bond acceptors (Lipinski definition) is 7. The van der Waals surface area contributed by atoms with E-state index in [-0.39, 0.29) is 11.4 Å². The maximum Gasteiger partial charge on any atom is 0.354 e. The van der Waals surface area contributed by atoms with Gasteiger partial charge in [0, 0.05) is 17.8 Å². The van der Waals surface area contributed by atoms with Crippen LogP contribution in [-0.4, -0.2) is 31.1 Å². The molecule has 1 aromatic carbocycles. The van der Waals surface area contributed by atoms with Crippen LogP contribution in [0.5, 0.6) is 0 Å². The Morgan fingerprint density at radius 1 is 1.29 bits per heavy atom. The van der Waals surface area contributed by atoms with Gasteiger partial charge in [0.25, 0.3) is 5.69 Å². The van der Waals surface area contributed by atoms with Crippen molar-refractivity contribution in [2.24, 2.45) is 0 Å². The van der Waals surface area contributed by atoms with E-state index in [9.17, 15) is 19.7 Å². The molecule has 0 aliphatic heterocycles. The lowest BCUT2D eigenvalue weighted by Crippen LogP contribution is -2.16. The topological polar surface area (TPSA) is 108 Å². The van der Waals surface area contributed by atoms with Crippen molar-refractivity contribution in [1.29, 1.82) is 0 Å². The van der Waals surface area contributed by atoms with Crippen LogP contribution in [0.3, 0.4) is 0 Å². The number of methoxy groups -OCH3 is 2. The number of rotatable bonds is 5. The molecule has 0 heterocycles. The van der Waals surface area contributed by atoms with Crippen LogP contribution in [0.25, 0.3) is 0 Å². The number of nitro benzene ring substituents is 1. The zero-order chi connectivity index (χ0) is 16.0. The summed E-state index contributed by atoms with van der Waals surface area (Å²) in [5.41, 5.74) is 0.751. The van der Waals surface area contributed by atoms with Crippen LogP contribution in [0.4, 0.5) is 11.4 Å². The lowest BCUT2D eigenvalue weighted by Gasteiger charge is -2.11. The number of nitrogens with zero attached hydrogens (tertiary/aromatic N) is 1. The normalized spacial score (nSPS) is 10.7. The fourth-order valence-electron chi connectivity index (χ4n) is 1.48. The first-order valence-electron chi connectivity index (χ1n) is 5.79. The highest BCUT2D eigenvalue weighted by atomic mass is 16.6. The number of hydrogen-bond donors (Lipinski definition) is 1. The molecule has 1 rings (SSSR count). The number of ether oxygens (including phenoxy) is 2. The molecule has 1 N–H and O–H groups in total. The third kappa shape index (κ3) is 4.30. The van der Waals surface area contributed by atoms with Crippen molar-refractivity contribution in [2.45, 2.75) is 6.92 Å². The number of carbonyl (C=O) groups is 2. The van der Waals surface area contributed by atoms with E-state index >= 15 is 0 Å². The number of carbonyl (C=O) groups excluding carboxylic acids is 2. The molecule has 0 amide bonds. The minimum absolute atomic E-state index is 0.0744. The molecule has 1 aromatic rings. The van der Waals surface area contributed by atoms with Crippen molar-refractivity contribution in [3.63, 3.8) is 0 Å². The standard InChI is InChI=1S/C13H14N2O6/c1-8-6-9(15(18)19)4-5-10(8)14-11(13(17)21-3)7-12(16)20-2/h4-7,14H,1-3H3/b11-7-. The van der Waals surface area contributed by atoms with Crippen molar-refractivity contribution >= 4 is 23.3 Å². The van der Waals surface area contributed by atoms with Crippen LogP contribution in [0.2, 0.25) is 0 Å². The molecule has 8 heteroatoms. The smallest absolute Gasteiger partial charge is 0.354 e. The average molecular weight is 294 g/mol. The number of aryl methyl sites for hydroxylation is 1. The zero-order valence-electron chi connectivity index (χ0n) is 11.7. The third-order valence-electron chi connectivity index (χ3n) is 2.56. The van der Waals surface area contributed by atoms with Gasteiger partial charge < -0.3 is 14.8 Å². The van der Waals surface area contributed by atoms with Gasteiger partial charge in [-0.25, -0.2) is 9.59 Å². The summed E-state index contributed by atoms with van der Waals surface area (Å²) in [6.45, 7) is 1.63. The maximum absolute atomic E-state index is 11.6. The van der Waals surface area contributed by atoms with Crippen molar-refractivity contribution in [3.8, 4) is 0 Å². The van der Waals surface area contributed by atoms with Gasteiger partial charge in [0.05, 0.1) is 25.2 Å². The summed E-state index contributed by atoms with van der Waals surface area (Å²) in [5, 5.41) is 13.4. The Bertz CT molecular complexity index is 609. The second-order valence-corrected chi connectivity index (χ2v) is 3.95. The second-order valence-electron chi connectivity index (χ2n) is 3.95. The molecule has 112 valence electrons. The summed E-state index contributed by atoms with van der Waals surface area (Å²) in [4.78, 5) is 32.9. The second kappa shape index (κ2) is 7.04. The van der Waals surface area contributed by atoms with Crippen molar-refractivity contribution in [2.75, 3.05) is 19.5 Å². The van der Waals surface area contributed by atoms with Crippen LogP contribution in [-0.2, 0) is 19.1 Å². The minimum atomic E-state index is -0.766. The number of benzene rings is 1. The molecule has 0 bridgehead atoms. The highest BCUT2D eigenvalue weighted by molar-refractivity contribution is 5.98. The van der Waals surface area contributed by atoms with Gasteiger partial charge in [0.15, 0.2) is 0 Å². The number of esters is 2. The average Bonchev–Trinajstić information content (AvgIpc) is 2.46. The molecule has 0 aromatic heterocycles. The SMILES string of the molecule is COC(=O)/C=C(\Nc1ccc([N+](=O)[O-])cc1C)C(=O)OC. The Kier molecular flexibility index (Phi) is 5.41. The fourth-order valence-corrected chi connectivity index (χ4v) is 1.48. The Labute approximate surface area is 120 Å². The van der Waals surface area contributed by atoms with E-state index in [1.54, 1.807) is 6.92 Å². The monoisotopic (exact) mass is 294 g/mol. The summed E-state index contributed by atoms with van der Waals surface area (Å²) < 4.78 is 8.99. The Hall–Kier alpha value is -2.90. The van der Waals surface area contributed by atoms with Crippen molar-refractivity contribution in [3.05, 3.63) is 45.6 Å². The van der Waals surface area contributed by atoms with Crippen LogP contribution < -0.4 is 5.32 Å². The highest BCUT2D eigenvalue weighted by Crippen LogP contribution is 2.22. The largest absolute Gasteiger partial charge is 0.466 e. The number of non-ortho nitro benzene ring substituents is 1. The summed E-state index contributed by atoms with van der Waals surface area (Å²) in [6.07, 6.45) is 0.937. The van der Waals surface area contributed by atoms with Crippen LogP contribution in [0.1, 0.15) is 5.56 Å². The maximum atomic E-state index is 11.6. The fraction of sp³-hybridized carbons (Fsp3) is 0.231. The molecule has 8 nitrogen and oxygen atoms in total. The molecular weight excluding hydrogens is 280 g/mol. The Morgan fingerprint density at radius 2 is 1.95 bits per heavy atom. The van der Waals surface area contributed by atoms with E-state index in [1.807, 2.05) is 0 Å². The predicted molar refractivity (Wildman–Crippen MR) is 73.6 cm³/mol. The molecule has 0 saturated carbocycles. The van der Waals surface area contributed by atoms with E-state index in [0.717, 1.165) is 13.2 Å². The first-order chi connectivity index (χ1) is 9.88. The van der Waals surface area contributed by atoms with Crippen molar-refractivity contribution in [1.82, 2.24) is 0 Å². The van der Waals surface area contributed by atoms with Gasteiger partial charge >= 0.3 is 11.9 Å². The summed E-state index contributed by atoms with van der Waals surface area (Å²) in [7, 11) is 2.34. The van der Waals surface area contributed by atoms with Crippen LogP contribution in [0.15, 0.2) is 30.0 Å². The van der Waals surface area contributed by atoms with E-state index < -0.39 is 16.9 Å². The van der Waals surface area contributed by atoms with Crippen molar-refractivity contribution < 1.29 is 24.0 Å². The minimum Gasteiger partial charge on any atom is -0.466 e. The quantitative estimate of drug-likeness (QED) is 0.380. The Morgan fingerprint density at radius 3 is 2.43 bits per heavy atom. The van der Waals surface area contributed by atoms with Crippen LogP contribution in [0, 0.1) is 17.0 Å². The lowest BCUT2D eigenvalue weighted by molar-refractivity contribution is -0.384. The van der Waals surface area contributed by atoms with Gasteiger partial charge in [0.1, 0.15) is 5.70 Å². The van der Waals surface area contributed by atoms with Gasteiger partial charge in [-0.05, 0) is 18.6 Å². The highest BCUT2D eigenvalue weighted by Gasteiger charge is 2.15. The molecule has 21 heavy (non-hydrogen) atoms. The van der Waals surface area contributed by atoms with Gasteiger partial charge in [-0.2, -0.15) is 0 Å². The molecule has 0 atom stereocenters. The Balaban J connectivity index is 3.10. The molecule has 0 fully saturated rings. The first kappa shape index (κ1) is 16.2.